The van der Waals surface area contributed by atoms with Crippen molar-refractivity contribution < 1.29 is 9.53 Å². The van der Waals surface area contributed by atoms with Crippen LogP contribution in [0.5, 0.6) is 0 Å². The maximum absolute atomic E-state index is 11.6. The third-order valence-electron chi connectivity index (χ3n) is 3.61. The maximum atomic E-state index is 11.6. The molecule has 1 saturated carbocycles. The van der Waals surface area contributed by atoms with E-state index in [1.54, 1.807) is 0 Å². The molecule has 1 aliphatic rings. The average molecular weight is 279 g/mol. The number of carbonyl (C=O) groups is 1. The second-order valence-corrected chi connectivity index (χ2v) is 5.92. The van der Waals surface area contributed by atoms with Gasteiger partial charge in [0.15, 0.2) is 0 Å². The van der Waals surface area contributed by atoms with Gasteiger partial charge < -0.3 is 10.1 Å². The van der Waals surface area contributed by atoms with Crippen molar-refractivity contribution in [2.24, 2.45) is 0 Å². The number of nitrogens with one attached hydrogen (secondary N) is 1. The van der Waals surface area contributed by atoms with Gasteiger partial charge in [0.05, 0.1) is 0 Å². The van der Waals surface area contributed by atoms with Crippen molar-refractivity contribution in [3.05, 3.63) is 23.3 Å². The first-order valence-electron chi connectivity index (χ1n) is 7.81. The standard InChI is InChI=1S/C17H29NO2/c1-14(2)8-7-9-15(3)12-13-18-17(19)20-16-10-5-4-6-11-16/h8,12,16H,4-7,9-11,13H2,1-3H3,(H,18,19)/b15-12-. The molecule has 1 fully saturated rings. The van der Waals surface area contributed by atoms with Crippen LogP contribution in [0.25, 0.3) is 0 Å². The van der Waals surface area contributed by atoms with Gasteiger partial charge in [-0.15, -0.1) is 0 Å². The largest absolute Gasteiger partial charge is 0.446 e. The van der Waals surface area contributed by atoms with Crippen molar-refractivity contribution in [2.75, 3.05) is 6.54 Å². The Labute approximate surface area is 123 Å². The Kier molecular flexibility index (Phi) is 8.08. The molecule has 0 atom stereocenters. The lowest BCUT2D eigenvalue weighted by Gasteiger charge is -2.21. The summed E-state index contributed by atoms with van der Waals surface area (Å²) in [6.07, 6.45) is 12.0. The highest BCUT2D eigenvalue weighted by molar-refractivity contribution is 5.67. The van der Waals surface area contributed by atoms with Gasteiger partial charge >= 0.3 is 6.09 Å². The fourth-order valence-electron chi connectivity index (χ4n) is 2.38. The maximum Gasteiger partial charge on any atom is 0.407 e. The minimum absolute atomic E-state index is 0.131. The van der Waals surface area contributed by atoms with E-state index in [-0.39, 0.29) is 12.2 Å². The zero-order valence-corrected chi connectivity index (χ0v) is 13.2. The lowest BCUT2D eigenvalue weighted by Crippen LogP contribution is -2.30. The van der Waals surface area contributed by atoms with E-state index >= 15 is 0 Å². The molecule has 0 bridgehead atoms. The third kappa shape index (κ3) is 8.03. The van der Waals surface area contributed by atoms with Crippen molar-refractivity contribution >= 4 is 6.09 Å². The van der Waals surface area contributed by atoms with Crippen LogP contribution >= 0.6 is 0 Å². The van der Waals surface area contributed by atoms with Crippen molar-refractivity contribution in [3.8, 4) is 0 Å². The van der Waals surface area contributed by atoms with Gasteiger partial charge in [-0.05, 0) is 59.3 Å². The molecule has 0 spiro atoms. The molecule has 20 heavy (non-hydrogen) atoms. The Morgan fingerprint density at radius 2 is 1.85 bits per heavy atom. The van der Waals surface area contributed by atoms with Crippen LogP contribution in [0.1, 0.15) is 65.7 Å². The first-order chi connectivity index (χ1) is 9.58. The van der Waals surface area contributed by atoms with E-state index in [1.165, 1.54) is 30.4 Å². The molecule has 0 radical (unpaired) electrons. The van der Waals surface area contributed by atoms with Crippen LogP contribution in [0.4, 0.5) is 4.79 Å². The number of rotatable bonds is 6. The van der Waals surface area contributed by atoms with E-state index < -0.39 is 0 Å². The zero-order chi connectivity index (χ0) is 14.8. The summed E-state index contributed by atoms with van der Waals surface area (Å²) >= 11 is 0. The Hall–Kier alpha value is -1.25. The molecule has 3 heteroatoms. The van der Waals surface area contributed by atoms with E-state index in [2.05, 4.69) is 38.2 Å². The van der Waals surface area contributed by atoms with Crippen molar-refractivity contribution in [2.45, 2.75) is 71.8 Å². The van der Waals surface area contributed by atoms with E-state index in [9.17, 15) is 4.79 Å². The Balaban J connectivity index is 2.14. The summed E-state index contributed by atoms with van der Waals surface area (Å²) in [6.45, 7) is 6.89. The first-order valence-corrected chi connectivity index (χ1v) is 7.81. The summed E-state index contributed by atoms with van der Waals surface area (Å²) in [5.74, 6) is 0. The van der Waals surface area contributed by atoms with Crippen molar-refractivity contribution in [3.63, 3.8) is 0 Å². The number of hydrogen-bond donors (Lipinski definition) is 1. The smallest absolute Gasteiger partial charge is 0.407 e. The van der Waals surface area contributed by atoms with Crippen LogP contribution in [0, 0.1) is 0 Å². The molecule has 3 nitrogen and oxygen atoms in total. The summed E-state index contributed by atoms with van der Waals surface area (Å²) in [4.78, 5) is 11.6. The molecule has 0 aromatic carbocycles. The van der Waals surface area contributed by atoms with Crippen molar-refractivity contribution in [1.82, 2.24) is 5.32 Å². The minimum Gasteiger partial charge on any atom is -0.446 e. The molecule has 1 amide bonds. The SMILES string of the molecule is CC(C)=CCC/C(C)=C\CNC(=O)OC1CCCCC1. The van der Waals surface area contributed by atoms with Gasteiger partial charge in [0.25, 0.3) is 0 Å². The monoisotopic (exact) mass is 279 g/mol. The van der Waals surface area contributed by atoms with Gasteiger partial charge in [0.1, 0.15) is 6.10 Å². The quantitative estimate of drug-likeness (QED) is 0.713. The fraction of sp³-hybridized carbons (Fsp3) is 0.706. The molecule has 0 unspecified atom stereocenters. The lowest BCUT2D eigenvalue weighted by atomic mass is 9.98. The van der Waals surface area contributed by atoms with Gasteiger partial charge in [-0.3, -0.25) is 0 Å². The van der Waals surface area contributed by atoms with E-state index in [4.69, 9.17) is 4.74 Å². The van der Waals surface area contributed by atoms with Gasteiger partial charge in [0, 0.05) is 6.54 Å². The van der Waals surface area contributed by atoms with Crippen LogP contribution in [0.15, 0.2) is 23.3 Å². The van der Waals surface area contributed by atoms with Crippen molar-refractivity contribution in [1.29, 1.82) is 0 Å². The van der Waals surface area contributed by atoms with Crippen LogP contribution < -0.4 is 5.32 Å². The number of ether oxygens (including phenoxy) is 1. The number of allylic oxidation sites excluding steroid dienone is 3. The molecular weight excluding hydrogens is 250 g/mol. The summed E-state index contributed by atoms with van der Waals surface area (Å²) in [5.41, 5.74) is 2.66. The number of alkyl carbamates (subject to hydrolysis) is 1. The molecule has 1 rings (SSSR count). The Morgan fingerprint density at radius 1 is 1.15 bits per heavy atom. The number of carbonyl (C=O) groups excluding carboxylic acids is 1. The summed E-state index contributed by atoms with van der Waals surface area (Å²) in [6, 6.07) is 0. The molecule has 1 aliphatic carbocycles. The van der Waals surface area contributed by atoms with Crippen LogP contribution in [0.3, 0.4) is 0 Å². The summed E-state index contributed by atoms with van der Waals surface area (Å²) in [5, 5.41) is 2.81. The molecule has 0 aliphatic heterocycles. The van der Waals surface area contributed by atoms with E-state index in [1.807, 2.05) is 0 Å². The highest BCUT2D eigenvalue weighted by atomic mass is 16.6. The molecule has 0 aromatic heterocycles. The number of amides is 1. The van der Waals surface area contributed by atoms with Crippen LogP contribution in [0.2, 0.25) is 0 Å². The molecule has 0 aromatic rings. The topological polar surface area (TPSA) is 38.3 Å². The summed E-state index contributed by atoms with van der Waals surface area (Å²) in [7, 11) is 0. The van der Waals surface area contributed by atoms with Crippen LogP contribution in [-0.2, 0) is 4.74 Å². The predicted molar refractivity (Wildman–Crippen MR) is 83.8 cm³/mol. The van der Waals surface area contributed by atoms with Gasteiger partial charge in [0.2, 0.25) is 0 Å². The molecule has 114 valence electrons. The highest BCUT2D eigenvalue weighted by Crippen LogP contribution is 2.20. The normalized spacial score (nSPS) is 16.6. The molecule has 0 heterocycles. The average Bonchev–Trinajstić information content (AvgIpc) is 2.39. The van der Waals surface area contributed by atoms with Gasteiger partial charge in [-0.1, -0.05) is 29.7 Å². The predicted octanol–water partition coefficient (Wildman–Crippen LogP) is 4.74. The van der Waals surface area contributed by atoms with E-state index in [0.29, 0.717) is 6.54 Å². The fourth-order valence-corrected chi connectivity index (χ4v) is 2.38. The molecule has 0 saturated heterocycles. The Morgan fingerprint density at radius 3 is 2.50 bits per heavy atom. The third-order valence-corrected chi connectivity index (χ3v) is 3.61. The highest BCUT2D eigenvalue weighted by Gasteiger charge is 2.16. The lowest BCUT2D eigenvalue weighted by molar-refractivity contribution is 0.0761. The minimum atomic E-state index is -0.273. The molecule has 1 N–H and O–H groups in total. The number of hydrogen-bond acceptors (Lipinski definition) is 2. The van der Waals surface area contributed by atoms with Gasteiger partial charge in [-0.2, -0.15) is 0 Å². The first kappa shape index (κ1) is 16.8. The van der Waals surface area contributed by atoms with Gasteiger partial charge in [-0.25, -0.2) is 4.79 Å². The summed E-state index contributed by atoms with van der Waals surface area (Å²) < 4.78 is 5.40. The molecular formula is C17H29NO2. The van der Waals surface area contributed by atoms with E-state index in [0.717, 1.165) is 25.7 Å². The second kappa shape index (κ2) is 9.62. The second-order valence-electron chi connectivity index (χ2n) is 5.92. The Bertz CT molecular complexity index is 348. The van der Waals surface area contributed by atoms with Crippen LogP contribution in [-0.4, -0.2) is 18.7 Å². The zero-order valence-electron chi connectivity index (χ0n) is 13.2.